The van der Waals surface area contributed by atoms with Gasteiger partial charge in [0.1, 0.15) is 0 Å². The van der Waals surface area contributed by atoms with E-state index in [-0.39, 0.29) is 5.60 Å². The van der Waals surface area contributed by atoms with E-state index in [9.17, 15) is 5.11 Å². The first-order valence-corrected chi connectivity index (χ1v) is 6.40. The zero-order valence-corrected chi connectivity index (χ0v) is 10.0. The minimum Gasteiger partial charge on any atom is -0.390 e. The number of aliphatic hydroxyl groups is 1. The molecule has 2 nitrogen and oxygen atoms in total. The van der Waals surface area contributed by atoms with Gasteiger partial charge < -0.3 is 9.84 Å². The van der Waals surface area contributed by atoms with Crippen LogP contribution >= 0.6 is 0 Å². The number of hydrogen-bond acceptors (Lipinski definition) is 2. The Morgan fingerprint density at radius 3 is 2.13 bits per heavy atom. The Morgan fingerprint density at radius 1 is 1.07 bits per heavy atom. The minimum absolute atomic E-state index is 0.388. The van der Waals surface area contributed by atoms with Crippen LogP contribution in [0.3, 0.4) is 0 Å². The molecule has 0 aromatic carbocycles. The lowest BCUT2D eigenvalue weighted by molar-refractivity contribution is -0.107. The van der Waals surface area contributed by atoms with Crippen molar-refractivity contribution in [2.45, 2.75) is 51.6 Å². The van der Waals surface area contributed by atoms with Crippen molar-refractivity contribution in [1.29, 1.82) is 0 Å². The molecule has 2 heteroatoms. The van der Waals surface area contributed by atoms with Gasteiger partial charge in [0.25, 0.3) is 0 Å². The Morgan fingerprint density at radius 2 is 1.60 bits per heavy atom. The van der Waals surface area contributed by atoms with Gasteiger partial charge in [0.15, 0.2) is 0 Å². The molecule has 0 aromatic rings. The Bertz CT molecular complexity index is 199. The molecule has 0 amide bonds. The number of hydrogen-bond donors (Lipinski definition) is 1. The second kappa shape index (κ2) is 4.42. The van der Waals surface area contributed by atoms with Crippen molar-refractivity contribution in [2.75, 3.05) is 13.2 Å². The lowest BCUT2D eigenvalue weighted by atomic mass is 9.66. The maximum absolute atomic E-state index is 10.8. The largest absolute Gasteiger partial charge is 0.390 e. The average molecular weight is 212 g/mol. The first-order valence-electron chi connectivity index (χ1n) is 6.40. The van der Waals surface area contributed by atoms with E-state index >= 15 is 0 Å². The van der Waals surface area contributed by atoms with Crippen molar-refractivity contribution in [3.05, 3.63) is 0 Å². The van der Waals surface area contributed by atoms with Gasteiger partial charge in [-0.05, 0) is 49.9 Å². The van der Waals surface area contributed by atoms with E-state index < -0.39 is 0 Å². The van der Waals surface area contributed by atoms with Gasteiger partial charge >= 0.3 is 0 Å². The highest BCUT2D eigenvalue weighted by Crippen LogP contribution is 2.43. The van der Waals surface area contributed by atoms with Crippen LogP contribution in [-0.4, -0.2) is 23.9 Å². The van der Waals surface area contributed by atoms with E-state index in [1.54, 1.807) is 0 Å². The topological polar surface area (TPSA) is 29.5 Å². The molecular weight excluding hydrogens is 188 g/mol. The summed E-state index contributed by atoms with van der Waals surface area (Å²) in [5, 5.41) is 10.8. The first kappa shape index (κ1) is 11.4. The predicted molar refractivity (Wildman–Crippen MR) is 60.7 cm³/mol. The highest BCUT2D eigenvalue weighted by atomic mass is 16.5. The first-order chi connectivity index (χ1) is 7.10. The summed E-state index contributed by atoms with van der Waals surface area (Å²) in [6.07, 6.45) is 5.39. The Labute approximate surface area is 93.0 Å². The summed E-state index contributed by atoms with van der Waals surface area (Å²) in [6.45, 7) is 6.24. The van der Waals surface area contributed by atoms with Crippen LogP contribution in [0.4, 0.5) is 0 Å². The van der Waals surface area contributed by atoms with Crippen molar-refractivity contribution in [2.24, 2.45) is 17.8 Å². The van der Waals surface area contributed by atoms with Crippen LogP contribution in [0.1, 0.15) is 46.0 Å². The minimum atomic E-state index is -0.388. The van der Waals surface area contributed by atoms with Gasteiger partial charge in [-0.3, -0.25) is 0 Å². The fraction of sp³-hybridized carbons (Fsp3) is 1.00. The van der Waals surface area contributed by atoms with Crippen LogP contribution in [-0.2, 0) is 4.74 Å². The fourth-order valence-corrected chi connectivity index (χ4v) is 3.71. The predicted octanol–water partition coefficient (Wildman–Crippen LogP) is 2.60. The van der Waals surface area contributed by atoms with Gasteiger partial charge in [-0.25, -0.2) is 0 Å². The SMILES string of the molecule is CC1CC(C)CC(O)(C2CCOCC2)C1. The van der Waals surface area contributed by atoms with Crippen molar-refractivity contribution in [3.8, 4) is 0 Å². The number of rotatable bonds is 1. The van der Waals surface area contributed by atoms with E-state index in [1.165, 1.54) is 6.42 Å². The summed E-state index contributed by atoms with van der Waals surface area (Å²) < 4.78 is 5.38. The third-order valence-electron chi connectivity index (χ3n) is 4.19. The highest BCUT2D eigenvalue weighted by molar-refractivity contribution is 4.93. The standard InChI is InChI=1S/C13H24O2/c1-10-7-11(2)9-13(14,8-10)12-3-5-15-6-4-12/h10-12,14H,3-9H2,1-2H3. The molecule has 1 aliphatic carbocycles. The lowest BCUT2D eigenvalue weighted by Gasteiger charge is -2.45. The molecular formula is C13H24O2. The smallest absolute Gasteiger partial charge is 0.0682 e. The summed E-state index contributed by atoms with van der Waals surface area (Å²) in [6, 6.07) is 0. The van der Waals surface area contributed by atoms with E-state index in [4.69, 9.17) is 4.74 Å². The summed E-state index contributed by atoms with van der Waals surface area (Å²) >= 11 is 0. The molecule has 2 atom stereocenters. The van der Waals surface area contributed by atoms with Crippen molar-refractivity contribution in [1.82, 2.24) is 0 Å². The summed E-state index contributed by atoms with van der Waals surface area (Å²) in [7, 11) is 0. The van der Waals surface area contributed by atoms with Crippen LogP contribution in [0.5, 0.6) is 0 Å². The molecule has 1 saturated heterocycles. The molecule has 1 aliphatic heterocycles. The fourth-order valence-electron chi connectivity index (χ4n) is 3.71. The van der Waals surface area contributed by atoms with Gasteiger partial charge in [0.2, 0.25) is 0 Å². The van der Waals surface area contributed by atoms with E-state index in [0.717, 1.165) is 38.9 Å². The summed E-state index contributed by atoms with van der Waals surface area (Å²) in [5.74, 6) is 1.85. The van der Waals surface area contributed by atoms with Gasteiger partial charge in [-0.15, -0.1) is 0 Å². The molecule has 0 radical (unpaired) electrons. The van der Waals surface area contributed by atoms with Crippen LogP contribution < -0.4 is 0 Å². The maximum atomic E-state index is 10.8. The third-order valence-corrected chi connectivity index (χ3v) is 4.19. The second-order valence-electron chi connectivity index (χ2n) is 5.84. The molecule has 0 aromatic heterocycles. The normalized spacial score (nSPS) is 44.2. The molecule has 0 spiro atoms. The van der Waals surface area contributed by atoms with Crippen molar-refractivity contribution in [3.63, 3.8) is 0 Å². The van der Waals surface area contributed by atoms with Crippen LogP contribution in [0.2, 0.25) is 0 Å². The highest BCUT2D eigenvalue weighted by Gasteiger charge is 2.42. The van der Waals surface area contributed by atoms with Crippen LogP contribution in [0, 0.1) is 17.8 Å². The lowest BCUT2D eigenvalue weighted by Crippen LogP contribution is -2.46. The molecule has 2 rings (SSSR count). The molecule has 2 aliphatic rings. The average Bonchev–Trinajstić information content (AvgIpc) is 2.17. The van der Waals surface area contributed by atoms with Crippen molar-refractivity contribution < 1.29 is 9.84 Å². The molecule has 15 heavy (non-hydrogen) atoms. The number of ether oxygens (including phenoxy) is 1. The molecule has 1 saturated carbocycles. The molecule has 0 bridgehead atoms. The van der Waals surface area contributed by atoms with Crippen LogP contribution in [0.25, 0.3) is 0 Å². The molecule has 1 N–H and O–H groups in total. The van der Waals surface area contributed by atoms with E-state index in [2.05, 4.69) is 13.8 Å². The molecule has 1 heterocycles. The summed E-state index contributed by atoms with van der Waals surface area (Å²) in [5.41, 5.74) is -0.388. The molecule has 88 valence electrons. The third kappa shape index (κ3) is 2.54. The maximum Gasteiger partial charge on any atom is 0.0682 e. The Kier molecular flexibility index (Phi) is 3.36. The van der Waals surface area contributed by atoms with Gasteiger partial charge in [0.05, 0.1) is 5.60 Å². The zero-order valence-electron chi connectivity index (χ0n) is 10.0. The summed E-state index contributed by atoms with van der Waals surface area (Å²) in [4.78, 5) is 0. The quantitative estimate of drug-likeness (QED) is 0.724. The van der Waals surface area contributed by atoms with Gasteiger partial charge in [0, 0.05) is 13.2 Å². The van der Waals surface area contributed by atoms with Gasteiger partial charge in [-0.1, -0.05) is 13.8 Å². The van der Waals surface area contributed by atoms with E-state index in [0.29, 0.717) is 17.8 Å². The molecule has 2 unspecified atom stereocenters. The Hall–Kier alpha value is -0.0800. The zero-order chi connectivity index (χ0) is 10.9. The Balaban J connectivity index is 2.02. The molecule has 2 fully saturated rings. The van der Waals surface area contributed by atoms with Crippen LogP contribution in [0.15, 0.2) is 0 Å². The monoisotopic (exact) mass is 212 g/mol. The van der Waals surface area contributed by atoms with Gasteiger partial charge in [-0.2, -0.15) is 0 Å². The van der Waals surface area contributed by atoms with Crippen molar-refractivity contribution >= 4 is 0 Å². The second-order valence-corrected chi connectivity index (χ2v) is 5.84. The van der Waals surface area contributed by atoms with E-state index in [1.807, 2.05) is 0 Å².